The molecule has 610 valence electrons. The minimum absolute atomic E-state index is 0.334. The Bertz CT molecular complexity index is 8430. The SMILES string of the molecule is c1ccc(-c2cccc(-c3ccccc3)c2N2c3ccccc3B3c4cc5c(cc4N(c4ccccc4)c4cc(N(c6ccccc6)c6cccc7c6sc6ccccc67)cc2c43)N(c2cccc3sc4ccccc4c23)c2cc(N(c3ccccc3)c3cccc4sc6ccccc6c34)cc3c2B5c2ccccc2N3c2c(-c3ccccc3)cccc2-c2ccccc2)cc1. The maximum Gasteiger partial charge on any atom is 0.252 e. The van der Waals surface area contributed by atoms with Crippen LogP contribution in [0, 0.1) is 0 Å². The normalized spacial score (nSPS) is 12.8. The number of thiophene rings is 3. The summed E-state index contributed by atoms with van der Waals surface area (Å²) in [5, 5.41) is 7.35. The van der Waals surface area contributed by atoms with E-state index in [4.69, 9.17) is 0 Å². The Kier molecular flexibility index (Phi) is 17.4. The summed E-state index contributed by atoms with van der Waals surface area (Å²) in [6.45, 7) is -0.680. The van der Waals surface area contributed by atoms with Crippen LogP contribution in [0.2, 0.25) is 0 Å². The van der Waals surface area contributed by atoms with Gasteiger partial charge in [-0.2, -0.15) is 0 Å². The van der Waals surface area contributed by atoms with Crippen molar-refractivity contribution in [3.8, 4) is 44.5 Å². The molecule has 4 aliphatic heterocycles. The first-order valence-corrected chi connectivity index (χ1v) is 47.4. The fraction of sp³-hybridized carbons (Fsp3) is 0. The van der Waals surface area contributed by atoms with E-state index in [1.165, 1.54) is 93.3 Å². The van der Waals surface area contributed by atoms with Crippen LogP contribution in [-0.2, 0) is 0 Å². The standard InChI is InChI=1S/C120H76B2N6S3/c1-8-37-77(38-9-1)86-54-32-55-87(78-39-10-2-11-40-78)118(86)127-98-61-27-25-59-94(98)121-96-75-97-104(76-103(96)125(83-49-20-7-21-50-83)105-71-85(74-107(127)116(105)121)124(82-47-18-6-19-48-82)102-65-34-58-91-90-51-22-29-66-109(90)131-120(91)102)126(101-64-36-70-113-115(101)93-53-24-31-68-111(93)130-113)106-72-84(123(81-45-16-5-17-46-81)100-63-35-69-112-114(100)92-52-23-30-67-110(92)129-112)73-108-117(106)122(97)95-60-26-28-62-99(95)128(108)119-88(79-41-12-3-13-42-79)56-33-57-89(119)80-43-14-4-15-44-80/h1-76H. The molecular formula is C120H76B2N6S3. The summed E-state index contributed by atoms with van der Waals surface area (Å²) in [6.07, 6.45) is 0. The Hall–Kier alpha value is -16.0. The molecule has 0 spiro atoms. The van der Waals surface area contributed by atoms with Gasteiger partial charge < -0.3 is 29.4 Å². The van der Waals surface area contributed by atoms with E-state index < -0.39 is 0 Å². The first-order valence-electron chi connectivity index (χ1n) is 44.9. The second-order valence-corrected chi connectivity index (χ2v) is 37.6. The summed E-state index contributed by atoms with van der Waals surface area (Å²) in [6, 6.07) is 174. The molecular weight excluding hydrogens is 1640 g/mol. The summed E-state index contributed by atoms with van der Waals surface area (Å²) in [7, 11) is 0. The molecule has 0 atom stereocenters. The van der Waals surface area contributed by atoms with Crippen molar-refractivity contribution in [3.63, 3.8) is 0 Å². The molecule has 0 unspecified atom stereocenters. The van der Waals surface area contributed by atoms with E-state index in [9.17, 15) is 0 Å². The van der Waals surface area contributed by atoms with E-state index >= 15 is 0 Å². The highest BCUT2D eigenvalue weighted by atomic mass is 32.1. The Morgan fingerprint density at radius 2 is 0.542 bits per heavy atom. The van der Waals surface area contributed by atoms with Crippen molar-refractivity contribution in [2.75, 3.05) is 29.4 Å². The van der Waals surface area contributed by atoms with Crippen LogP contribution in [-0.4, -0.2) is 13.4 Å². The molecule has 0 radical (unpaired) electrons. The average molecular weight is 1720 g/mol. The molecule has 3 aromatic heterocycles. The number of benzene rings is 20. The fourth-order valence-corrected chi connectivity index (χ4v) is 25.4. The summed E-state index contributed by atoms with van der Waals surface area (Å²) in [4.78, 5) is 15.9. The quantitative estimate of drug-likeness (QED) is 0.100. The van der Waals surface area contributed by atoms with Crippen molar-refractivity contribution < 1.29 is 0 Å². The van der Waals surface area contributed by atoms with Crippen LogP contribution < -0.4 is 62.2 Å². The van der Waals surface area contributed by atoms with Crippen molar-refractivity contribution in [3.05, 3.63) is 461 Å². The molecule has 6 nitrogen and oxygen atoms in total. The molecule has 0 saturated carbocycles. The predicted molar refractivity (Wildman–Crippen MR) is 564 cm³/mol. The lowest BCUT2D eigenvalue weighted by atomic mass is 9.30. The van der Waals surface area contributed by atoms with Gasteiger partial charge in [0, 0.05) is 141 Å². The minimum atomic E-state index is -0.346. The lowest BCUT2D eigenvalue weighted by Crippen LogP contribution is -2.65. The lowest BCUT2D eigenvalue weighted by Gasteiger charge is -2.48. The van der Waals surface area contributed by atoms with Gasteiger partial charge in [-0.1, -0.05) is 334 Å². The van der Waals surface area contributed by atoms with Crippen LogP contribution in [0.3, 0.4) is 0 Å². The van der Waals surface area contributed by atoms with E-state index in [-0.39, 0.29) is 13.4 Å². The number of rotatable bonds is 14. The van der Waals surface area contributed by atoms with Crippen LogP contribution in [0.5, 0.6) is 0 Å². The molecule has 0 amide bonds. The highest BCUT2D eigenvalue weighted by molar-refractivity contribution is 7.27. The maximum absolute atomic E-state index is 2.73. The zero-order valence-electron chi connectivity index (χ0n) is 70.9. The van der Waals surface area contributed by atoms with E-state index in [1.807, 2.05) is 34.0 Å². The minimum Gasteiger partial charge on any atom is -0.311 e. The van der Waals surface area contributed by atoms with Crippen molar-refractivity contribution in [2.45, 2.75) is 0 Å². The van der Waals surface area contributed by atoms with Gasteiger partial charge in [0.2, 0.25) is 0 Å². The molecule has 0 aliphatic carbocycles. The van der Waals surface area contributed by atoms with Crippen LogP contribution in [0.1, 0.15) is 0 Å². The molecule has 0 N–H and O–H groups in total. The van der Waals surface area contributed by atoms with Crippen LogP contribution >= 0.6 is 34.0 Å². The fourth-order valence-electron chi connectivity index (χ4n) is 22.0. The van der Waals surface area contributed by atoms with Crippen molar-refractivity contribution in [1.82, 2.24) is 0 Å². The molecule has 23 aromatic rings. The topological polar surface area (TPSA) is 19.4 Å². The number of nitrogens with zero attached hydrogens (tertiary/aromatic N) is 6. The van der Waals surface area contributed by atoms with Crippen LogP contribution in [0.25, 0.3) is 105 Å². The van der Waals surface area contributed by atoms with Crippen LogP contribution in [0.4, 0.5) is 102 Å². The Morgan fingerprint density at radius 1 is 0.198 bits per heavy atom. The van der Waals surface area contributed by atoms with Gasteiger partial charge in [0.1, 0.15) is 0 Å². The molecule has 7 heterocycles. The third-order valence-electron chi connectivity index (χ3n) is 27.3. The molecule has 0 bridgehead atoms. The number of fused-ring (bicyclic) bond motifs is 17. The highest BCUT2D eigenvalue weighted by Gasteiger charge is 2.50. The van der Waals surface area contributed by atoms with Gasteiger partial charge in [-0.15, -0.1) is 34.0 Å². The number of hydrogen-bond acceptors (Lipinski definition) is 9. The van der Waals surface area contributed by atoms with Crippen molar-refractivity contribution in [2.24, 2.45) is 0 Å². The number of anilines is 18. The lowest BCUT2D eigenvalue weighted by molar-refractivity contribution is 1.22. The van der Waals surface area contributed by atoms with Gasteiger partial charge in [-0.25, -0.2) is 0 Å². The molecule has 11 heteroatoms. The highest BCUT2D eigenvalue weighted by Crippen LogP contribution is 2.59. The Labute approximate surface area is 772 Å². The summed E-state index contributed by atoms with van der Waals surface area (Å²) in [5.41, 5.74) is 35.7. The molecule has 27 rings (SSSR count). The van der Waals surface area contributed by atoms with Gasteiger partial charge in [-0.3, -0.25) is 0 Å². The monoisotopic (exact) mass is 1720 g/mol. The maximum atomic E-state index is 2.73. The summed E-state index contributed by atoms with van der Waals surface area (Å²) >= 11 is 5.60. The summed E-state index contributed by atoms with van der Waals surface area (Å²) in [5.74, 6) is 0. The van der Waals surface area contributed by atoms with Gasteiger partial charge >= 0.3 is 0 Å². The molecule has 0 fully saturated rings. The second-order valence-electron chi connectivity index (χ2n) is 34.4. The van der Waals surface area contributed by atoms with Gasteiger partial charge in [0.25, 0.3) is 13.4 Å². The zero-order valence-corrected chi connectivity index (χ0v) is 73.4. The molecule has 20 aromatic carbocycles. The third kappa shape index (κ3) is 11.7. The zero-order chi connectivity index (χ0) is 85.9. The first-order chi connectivity index (χ1) is 65.1. The van der Waals surface area contributed by atoms with Gasteiger partial charge in [-0.05, 0) is 182 Å². The number of hydrogen-bond donors (Lipinski definition) is 0. The molecule has 4 aliphatic rings. The van der Waals surface area contributed by atoms with Crippen LogP contribution in [0.15, 0.2) is 461 Å². The smallest absolute Gasteiger partial charge is 0.252 e. The van der Waals surface area contributed by atoms with Crippen molar-refractivity contribution in [1.29, 1.82) is 0 Å². The van der Waals surface area contributed by atoms with E-state index in [1.54, 1.807) is 0 Å². The summed E-state index contributed by atoms with van der Waals surface area (Å²) < 4.78 is 7.40. The first kappa shape index (κ1) is 75.2. The largest absolute Gasteiger partial charge is 0.311 e. The average Bonchev–Trinajstić information content (AvgIpc) is 0.709. The van der Waals surface area contributed by atoms with E-state index in [2.05, 4.69) is 490 Å². The Balaban J connectivity index is 0.806. The number of para-hydroxylation sites is 7. The molecule has 0 saturated heterocycles. The molecule has 131 heavy (non-hydrogen) atoms. The third-order valence-corrected chi connectivity index (χ3v) is 30.8. The van der Waals surface area contributed by atoms with Crippen molar-refractivity contribution >= 4 is 243 Å². The second kappa shape index (κ2) is 30.3. The van der Waals surface area contributed by atoms with E-state index in [0.29, 0.717) is 0 Å². The van der Waals surface area contributed by atoms with Gasteiger partial charge in [0.05, 0.1) is 44.5 Å². The Morgan fingerprint density at radius 3 is 1.05 bits per heavy atom. The van der Waals surface area contributed by atoms with Gasteiger partial charge in [0.15, 0.2) is 0 Å². The predicted octanol–water partition coefficient (Wildman–Crippen LogP) is 30.6. The van der Waals surface area contributed by atoms with E-state index in [0.717, 1.165) is 147 Å².